The molecular weight excluding hydrogens is 324 g/mol. The summed E-state index contributed by atoms with van der Waals surface area (Å²) < 4.78 is 1.25. The first-order valence-electron chi connectivity index (χ1n) is 6.94. The van der Waals surface area contributed by atoms with Crippen LogP contribution in [0.5, 0.6) is 0 Å². The molecule has 0 fully saturated rings. The Bertz CT molecular complexity index is 947. The Morgan fingerprint density at radius 2 is 2.08 bits per heavy atom. The molecule has 1 aromatic carbocycles. The molecule has 2 heterocycles. The van der Waals surface area contributed by atoms with Crippen molar-refractivity contribution in [2.75, 3.05) is 0 Å². The summed E-state index contributed by atoms with van der Waals surface area (Å²) in [5.74, 6) is -1.33. The fourth-order valence-corrected chi connectivity index (χ4v) is 2.99. The predicted molar refractivity (Wildman–Crippen MR) is 85.6 cm³/mol. The number of thiazole rings is 1. The Hall–Kier alpha value is -3.36. The lowest BCUT2D eigenvalue weighted by Crippen LogP contribution is -2.18. The van der Waals surface area contributed by atoms with Crippen molar-refractivity contribution in [2.45, 2.75) is 12.5 Å². The molecule has 0 amide bonds. The van der Waals surface area contributed by atoms with Gasteiger partial charge in [0.25, 0.3) is 5.82 Å². The maximum atomic E-state index is 12.4. The van der Waals surface area contributed by atoms with E-state index in [9.17, 15) is 10.1 Å². The molecule has 1 unspecified atom stereocenters. The van der Waals surface area contributed by atoms with E-state index in [1.54, 1.807) is 6.07 Å². The smallest absolute Gasteiger partial charge is 0.252 e. The summed E-state index contributed by atoms with van der Waals surface area (Å²) in [6, 6.07) is 13.3. The SMILES string of the molecule is N#Cc1ncn(CC(=O)C(C#N)c2nc(-c3ccccc3)cs2)n1. The van der Waals surface area contributed by atoms with Gasteiger partial charge in [0.1, 0.15) is 23.9 Å². The van der Waals surface area contributed by atoms with Crippen LogP contribution in [0.2, 0.25) is 0 Å². The Morgan fingerprint density at radius 1 is 1.29 bits per heavy atom. The molecule has 0 spiro atoms. The summed E-state index contributed by atoms with van der Waals surface area (Å²) in [6.07, 6.45) is 1.29. The van der Waals surface area contributed by atoms with Gasteiger partial charge >= 0.3 is 0 Å². The second kappa shape index (κ2) is 6.82. The van der Waals surface area contributed by atoms with E-state index < -0.39 is 5.92 Å². The molecule has 24 heavy (non-hydrogen) atoms. The molecule has 0 aliphatic carbocycles. The van der Waals surface area contributed by atoms with Crippen molar-refractivity contribution in [3.63, 3.8) is 0 Å². The van der Waals surface area contributed by atoms with E-state index in [0.717, 1.165) is 11.3 Å². The van der Waals surface area contributed by atoms with Gasteiger partial charge in [-0.05, 0) is 0 Å². The minimum absolute atomic E-state index is 0.0167. The van der Waals surface area contributed by atoms with Gasteiger partial charge in [-0.25, -0.2) is 14.6 Å². The molecule has 3 aromatic rings. The average molecular weight is 334 g/mol. The fraction of sp³-hybridized carbons (Fsp3) is 0.125. The van der Waals surface area contributed by atoms with Crippen molar-refractivity contribution in [1.82, 2.24) is 19.7 Å². The summed E-state index contributed by atoms with van der Waals surface area (Å²) in [5, 5.41) is 24.2. The highest BCUT2D eigenvalue weighted by atomic mass is 32.1. The van der Waals surface area contributed by atoms with Crippen molar-refractivity contribution in [1.29, 1.82) is 10.5 Å². The van der Waals surface area contributed by atoms with E-state index in [1.165, 1.54) is 22.3 Å². The van der Waals surface area contributed by atoms with Gasteiger partial charge in [-0.3, -0.25) is 4.79 Å². The third-order valence-corrected chi connectivity index (χ3v) is 4.15. The largest absolute Gasteiger partial charge is 0.296 e. The number of aromatic nitrogens is 4. The van der Waals surface area contributed by atoms with Gasteiger partial charge in [0.15, 0.2) is 11.7 Å². The number of carbonyl (C=O) groups excluding carboxylic acids is 1. The molecule has 0 saturated carbocycles. The van der Waals surface area contributed by atoms with E-state index in [2.05, 4.69) is 15.1 Å². The average Bonchev–Trinajstić information content (AvgIpc) is 3.26. The Kier molecular flexibility index (Phi) is 4.41. The molecule has 3 rings (SSSR count). The van der Waals surface area contributed by atoms with Gasteiger partial charge in [0.2, 0.25) is 0 Å². The van der Waals surface area contributed by atoms with Crippen LogP contribution in [0.1, 0.15) is 16.7 Å². The normalized spacial score (nSPS) is 11.4. The topological polar surface area (TPSA) is 108 Å². The highest BCUT2D eigenvalue weighted by Gasteiger charge is 2.24. The van der Waals surface area contributed by atoms with Crippen LogP contribution in [-0.4, -0.2) is 25.5 Å². The lowest BCUT2D eigenvalue weighted by molar-refractivity contribution is -0.120. The second-order valence-corrected chi connectivity index (χ2v) is 5.73. The Morgan fingerprint density at radius 3 is 2.75 bits per heavy atom. The number of hydrogen-bond acceptors (Lipinski definition) is 7. The zero-order valence-corrected chi connectivity index (χ0v) is 13.1. The standard InChI is InChI=1S/C16H10N6OS/c17-6-12(14(23)8-22-10-19-15(7-18)21-22)16-20-13(9-24-16)11-4-2-1-3-5-11/h1-5,9-10,12H,8H2. The number of ketones is 1. The second-order valence-electron chi connectivity index (χ2n) is 4.84. The number of rotatable bonds is 5. The van der Waals surface area contributed by atoms with Crippen LogP contribution in [-0.2, 0) is 11.3 Å². The first kappa shape index (κ1) is 15.5. The molecule has 0 radical (unpaired) electrons. The molecule has 0 aliphatic rings. The predicted octanol–water partition coefficient (Wildman–Crippen LogP) is 2.15. The van der Waals surface area contributed by atoms with Crippen molar-refractivity contribution < 1.29 is 4.79 Å². The number of nitrogens with zero attached hydrogens (tertiary/aromatic N) is 6. The molecule has 2 aromatic heterocycles. The van der Waals surface area contributed by atoms with Crippen LogP contribution in [0.3, 0.4) is 0 Å². The molecule has 0 N–H and O–H groups in total. The van der Waals surface area contributed by atoms with E-state index in [0.29, 0.717) is 5.01 Å². The molecule has 7 nitrogen and oxygen atoms in total. The third-order valence-electron chi connectivity index (χ3n) is 3.24. The van der Waals surface area contributed by atoms with Crippen molar-refractivity contribution in [3.8, 4) is 23.4 Å². The fourth-order valence-electron chi connectivity index (χ4n) is 2.10. The minimum Gasteiger partial charge on any atom is -0.296 e. The van der Waals surface area contributed by atoms with Crippen LogP contribution in [0.4, 0.5) is 0 Å². The van der Waals surface area contributed by atoms with E-state index in [1.807, 2.05) is 41.8 Å². The molecule has 116 valence electrons. The highest BCUT2D eigenvalue weighted by Crippen LogP contribution is 2.27. The molecule has 1 atom stereocenters. The number of Topliss-reactive ketones (excluding diaryl/α,β-unsaturated/α-hetero) is 1. The number of benzene rings is 1. The lowest BCUT2D eigenvalue weighted by atomic mass is 10.1. The summed E-state index contributed by atoms with van der Waals surface area (Å²) in [5.41, 5.74) is 1.66. The zero-order chi connectivity index (χ0) is 16.9. The lowest BCUT2D eigenvalue weighted by Gasteiger charge is -2.04. The van der Waals surface area contributed by atoms with Gasteiger partial charge in [0.05, 0.1) is 11.8 Å². The van der Waals surface area contributed by atoms with Crippen LogP contribution >= 0.6 is 11.3 Å². The first-order chi connectivity index (χ1) is 11.7. The van der Waals surface area contributed by atoms with Gasteiger partial charge in [-0.1, -0.05) is 30.3 Å². The molecular formula is C16H10N6OS. The van der Waals surface area contributed by atoms with Gasteiger partial charge in [-0.2, -0.15) is 10.5 Å². The number of hydrogen-bond donors (Lipinski definition) is 0. The van der Waals surface area contributed by atoms with Crippen LogP contribution in [0.15, 0.2) is 42.0 Å². The van der Waals surface area contributed by atoms with Gasteiger partial charge in [0, 0.05) is 10.9 Å². The molecule has 8 heteroatoms. The van der Waals surface area contributed by atoms with Crippen LogP contribution < -0.4 is 0 Å². The summed E-state index contributed by atoms with van der Waals surface area (Å²) in [6.45, 7) is -0.132. The maximum absolute atomic E-state index is 12.4. The minimum atomic E-state index is -0.970. The van der Waals surface area contributed by atoms with E-state index in [-0.39, 0.29) is 18.2 Å². The number of nitriles is 2. The summed E-state index contributed by atoms with van der Waals surface area (Å²) in [4.78, 5) is 20.5. The van der Waals surface area contributed by atoms with E-state index in [4.69, 9.17) is 5.26 Å². The highest BCUT2D eigenvalue weighted by molar-refractivity contribution is 7.10. The van der Waals surface area contributed by atoms with Crippen LogP contribution in [0, 0.1) is 22.7 Å². The number of carbonyl (C=O) groups is 1. The zero-order valence-electron chi connectivity index (χ0n) is 12.3. The molecule has 0 saturated heterocycles. The quantitative estimate of drug-likeness (QED) is 0.707. The summed E-state index contributed by atoms with van der Waals surface area (Å²) >= 11 is 1.27. The van der Waals surface area contributed by atoms with Crippen molar-refractivity contribution in [3.05, 3.63) is 52.9 Å². The molecule has 0 aliphatic heterocycles. The van der Waals surface area contributed by atoms with Crippen LogP contribution in [0.25, 0.3) is 11.3 Å². The van der Waals surface area contributed by atoms with E-state index >= 15 is 0 Å². The Labute approximate surface area is 141 Å². The Balaban J connectivity index is 1.79. The monoisotopic (exact) mass is 334 g/mol. The summed E-state index contributed by atoms with van der Waals surface area (Å²) in [7, 11) is 0. The van der Waals surface area contributed by atoms with Gasteiger partial charge < -0.3 is 0 Å². The first-order valence-corrected chi connectivity index (χ1v) is 7.82. The third kappa shape index (κ3) is 3.19. The van der Waals surface area contributed by atoms with Crippen molar-refractivity contribution in [2.24, 2.45) is 0 Å². The van der Waals surface area contributed by atoms with Crippen molar-refractivity contribution >= 4 is 17.1 Å². The molecule has 0 bridgehead atoms. The van der Waals surface area contributed by atoms with Gasteiger partial charge in [-0.15, -0.1) is 16.4 Å². The maximum Gasteiger partial charge on any atom is 0.252 e.